The molecule has 3 saturated heterocycles. The van der Waals surface area contributed by atoms with Crippen LogP contribution in [0.5, 0.6) is 0 Å². The molecule has 1 aromatic carbocycles. The molecule has 4 heterocycles. The van der Waals surface area contributed by atoms with Gasteiger partial charge in [0.1, 0.15) is 5.52 Å². The van der Waals surface area contributed by atoms with Crippen LogP contribution >= 0.6 is 0 Å². The number of anilines is 1. The molecule has 3 aliphatic rings. The molecule has 3 aliphatic heterocycles. The van der Waals surface area contributed by atoms with Gasteiger partial charge in [0.2, 0.25) is 0 Å². The van der Waals surface area contributed by atoms with E-state index in [9.17, 15) is 4.79 Å². The molecule has 1 amide bonds. The minimum Gasteiger partial charge on any atom is -0.423 e. The molecule has 0 spiro atoms. The van der Waals surface area contributed by atoms with Crippen molar-refractivity contribution < 1.29 is 9.21 Å². The Morgan fingerprint density at radius 2 is 1.97 bits per heavy atom. The third-order valence-electron chi connectivity index (χ3n) is 7.74. The summed E-state index contributed by atoms with van der Waals surface area (Å²) >= 11 is 0. The molecule has 0 saturated carbocycles. The molecule has 2 aromatic rings. The molecule has 162 valence electrons. The van der Waals surface area contributed by atoms with Gasteiger partial charge < -0.3 is 20.0 Å². The van der Waals surface area contributed by atoms with Crippen LogP contribution in [0.2, 0.25) is 0 Å². The number of nitrogens with two attached hydrogens (primary N) is 1. The van der Waals surface area contributed by atoms with E-state index in [4.69, 9.17) is 10.2 Å². The zero-order valence-electron chi connectivity index (χ0n) is 18.1. The number of aromatic nitrogens is 1. The number of amides is 1. The van der Waals surface area contributed by atoms with Gasteiger partial charge in [-0.3, -0.25) is 9.69 Å². The van der Waals surface area contributed by atoms with E-state index in [0.717, 1.165) is 38.1 Å². The zero-order chi connectivity index (χ0) is 20.8. The van der Waals surface area contributed by atoms with E-state index in [-0.39, 0.29) is 0 Å². The number of carbonyl (C=O) groups is 1. The summed E-state index contributed by atoms with van der Waals surface area (Å²) in [4.78, 5) is 24.1. The van der Waals surface area contributed by atoms with Crippen molar-refractivity contribution in [2.45, 2.75) is 69.6 Å². The van der Waals surface area contributed by atoms with Crippen LogP contribution in [0.3, 0.4) is 0 Å². The van der Waals surface area contributed by atoms with E-state index in [1.165, 1.54) is 32.1 Å². The number of carbonyl (C=O) groups excluding carboxylic acids is 1. The van der Waals surface area contributed by atoms with E-state index in [1.807, 2.05) is 6.07 Å². The molecule has 7 nitrogen and oxygen atoms in total. The molecule has 3 fully saturated rings. The average Bonchev–Trinajstić information content (AvgIpc) is 3.17. The lowest BCUT2D eigenvalue weighted by Gasteiger charge is -2.52. The summed E-state index contributed by atoms with van der Waals surface area (Å²) in [6, 6.07) is 8.54. The van der Waals surface area contributed by atoms with Crippen molar-refractivity contribution >= 4 is 23.0 Å². The summed E-state index contributed by atoms with van der Waals surface area (Å²) in [5, 5.41) is 0. The lowest BCUT2D eigenvalue weighted by atomic mass is 9.81. The maximum atomic E-state index is 11.8. The van der Waals surface area contributed by atoms with Crippen molar-refractivity contribution in [2.24, 2.45) is 5.73 Å². The summed E-state index contributed by atoms with van der Waals surface area (Å²) in [6.07, 6.45) is 7.74. The molecule has 2 bridgehead atoms. The van der Waals surface area contributed by atoms with Crippen molar-refractivity contribution in [1.82, 2.24) is 14.8 Å². The minimum absolute atomic E-state index is 0.364. The average molecular weight is 412 g/mol. The molecule has 3 atom stereocenters. The minimum atomic E-state index is -0.467. The summed E-state index contributed by atoms with van der Waals surface area (Å²) in [5.74, 6) is -0.467. The molecule has 1 aromatic heterocycles. The number of hydrogen-bond acceptors (Lipinski definition) is 6. The summed E-state index contributed by atoms with van der Waals surface area (Å²) in [7, 11) is 2.32. The third kappa shape index (κ3) is 3.38. The van der Waals surface area contributed by atoms with Gasteiger partial charge >= 0.3 is 0 Å². The first-order valence-corrected chi connectivity index (χ1v) is 11.5. The number of para-hydroxylation sites is 1. The van der Waals surface area contributed by atoms with Crippen LogP contribution in [0.4, 0.5) is 6.01 Å². The second-order valence-electron chi connectivity index (χ2n) is 9.29. The SMILES string of the molecule is CC[C@H]1CN(C2CC3CCCC(C2)N3C)CCN1c1nc2c(C(N)=O)cccc2o1. The largest absolute Gasteiger partial charge is 0.423 e. The molecule has 5 rings (SSSR count). The second kappa shape index (κ2) is 7.85. The Hall–Kier alpha value is -2.12. The first-order valence-electron chi connectivity index (χ1n) is 11.5. The van der Waals surface area contributed by atoms with E-state index in [2.05, 4.69) is 33.7 Å². The molecule has 2 N–H and O–H groups in total. The highest BCUT2D eigenvalue weighted by molar-refractivity contribution is 6.03. The number of piperidine rings is 2. The Morgan fingerprint density at radius 1 is 1.20 bits per heavy atom. The van der Waals surface area contributed by atoms with E-state index in [0.29, 0.717) is 34.8 Å². The maximum absolute atomic E-state index is 11.8. The highest BCUT2D eigenvalue weighted by atomic mass is 16.4. The first-order chi connectivity index (χ1) is 14.5. The fourth-order valence-corrected chi connectivity index (χ4v) is 5.96. The van der Waals surface area contributed by atoms with E-state index < -0.39 is 5.91 Å². The van der Waals surface area contributed by atoms with Crippen LogP contribution in [-0.2, 0) is 0 Å². The smallest absolute Gasteiger partial charge is 0.298 e. The van der Waals surface area contributed by atoms with Gasteiger partial charge in [-0.05, 0) is 51.3 Å². The predicted molar refractivity (Wildman–Crippen MR) is 118 cm³/mol. The van der Waals surface area contributed by atoms with E-state index in [1.54, 1.807) is 12.1 Å². The van der Waals surface area contributed by atoms with Crippen molar-refractivity contribution in [1.29, 1.82) is 0 Å². The fourth-order valence-electron chi connectivity index (χ4n) is 5.96. The molecule has 0 radical (unpaired) electrons. The Bertz CT molecular complexity index is 913. The highest BCUT2D eigenvalue weighted by Gasteiger charge is 2.40. The first kappa shape index (κ1) is 19.8. The van der Waals surface area contributed by atoms with Gasteiger partial charge in [0, 0.05) is 43.8 Å². The monoisotopic (exact) mass is 411 g/mol. The van der Waals surface area contributed by atoms with Gasteiger partial charge in [-0.1, -0.05) is 19.4 Å². The standard InChI is InChI=1S/C23H33N5O2/c1-3-15-14-27(18-12-16-6-4-7-17(13-18)26(16)2)10-11-28(15)23-25-21-19(22(24)29)8-5-9-20(21)30-23/h5,8-9,15-18H,3-4,6-7,10-14H2,1-2H3,(H2,24,29)/t15-,16?,17?,18?/m0/s1. The van der Waals surface area contributed by atoms with Crippen molar-refractivity contribution in [3.8, 4) is 0 Å². The molecule has 2 unspecified atom stereocenters. The number of rotatable bonds is 4. The van der Waals surface area contributed by atoms with Gasteiger partial charge in [-0.15, -0.1) is 0 Å². The maximum Gasteiger partial charge on any atom is 0.298 e. The molecule has 30 heavy (non-hydrogen) atoms. The Balaban J connectivity index is 1.34. The lowest BCUT2D eigenvalue weighted by molar-refractivity contribution is 0.00289. The normalized spacial score (nSPS) is 30.7. The molecule has 7 heteroatoms. The number of oxazole rings is 1. The number of benzene rings is 1. The van der Waals surface area contributed by atoms with Crippen LogP contribution in [0.25, 0.3) is 11.1 Å². The van der Waals surface area contributed by atoms with Crippen molar-refractivity contribution in [2.75, 3.05) is 31.6 Å². The highest BCUT2D eigenvalue weighted by Crippen LogP contribution is 2.36. The molecular formula is C23H33N5O2. The van der Waals surface area contributed by atoms with Crippen LogP contribution in [0.1, 0.15) is 55.8 Å². The van der Waals surface area contributed by atoms with Gasteiger partial charge in [0.25, 0.3) is 11.9 Å². The Kier molecular flexibility index (Phi) is 5.19. The van der Waals surface area contributed by atoms with E-state index >= 15 is 0 Å². The number of fused-ring (bicyclic) bond motifs is 3. The third-order valence-corrected chi connectivity index (χ3v) is 7.74. The topological polar surface area (TPSA) is 78.8 Å². The fraction of sp³-hybridized carbons (Fsp3) is 0.652. The van der Waals surface area contributed by atoms with Gasteiger partial charge in [0.15, 0.2) is 5.58 Å². The van der Waals surface area contributed by atoms with Crippen LogP contribution in [-0.4, -0.2) is 71.5 Å². The lowest BCUT2D eigenvalue weighted by Crippen LogP contribution is -2.61. The summed E-state index contributed by atoms with van der Waals surface area (Å²) in [6.45, 7) is 5.22. The number of hydrogen-bond donors (Lipinski definition) is 1. The summed E-state index contributed by atoms with van der Waals surface area (Å²) in [5.41, 5.74) is 7.15. The van der Waals surface area contributed by atoms with Gasteiger partial charge in [-0.25, -0.2) is 0 Å². The Morgan fingerprint density at radius 3 is 2.67 bits per heavy atom. The second-order valence-corrected chi connectivity index (χ2v) is 9.29. The molecule has 0 aliphatic carbocycles. The van der Waals surface area contributed by atoms with Crippen molar-refractivity contribution in [3.05, 3.63) is 23.8 Å². The summed E-state index contributed by atoms with van der Waals surface area (Å²) < 4.78 is 6.07. The zero-order valence-corrected chi connectivity index (χ0v) is 18.1. The number of piperazine rings is 1. The number of primary amides is 1. The van der Waals surface area contributed by atoms with Crippen LogP contribution < -0.4 is 10.6 Å². The quantitative estimate of drug-likeness (QED) is 0.834. The van der Waals surface area contributed by atoms with Gasteiger partial charge in [-0.2, -0.15) is 4.98 Å². The Labute approximate surface area is 178 Å². The predicted octanol–water partition coefficient (Wildman–Crippen LogP) is 2.84. The molecular weight excluding hydrogens is 378 g/mol. The van der Waals surface area contributed by atoms with Crippen molar-refractivity contribution in [3.63, 3.8) is 0 Å². The van der Waals surface area contributed by atoms with Crippen LogP contribution in [0.15, 0.2) is 22.6 Å². The number of nitrogens with zero attached hydrogens (tertiary/aromatic N) is 4. The van der Waals surface area contributed by atoms with Gasteiger partial charge in [0.05, 0.1) is 5.56 Å². The van der Waals surface area contributed by atoms with Crippen LogP contribution in [0, 0.1) is 0 Å².